The third-order valence-corrected chi connectivity index (χ3v) is 2.73. The Hall–Kier alpha value is -2.65. The second-order valence-electron chi connectivity index (χ2n) is 4.46. The van der Waals surface area contributed by atoms with Gasteiger partial charge in [-0.3, -0.25) is 4.79 Å². The number of nitrogens with one attached hydrogen (secondary N) is 2. The topological polar surface area (TPSA) is 146 Å². The zero-order valence-electron chi connectivity index (χ0n) is 11.6. The Morgan fingerprint density at radius 2 is 2.00 bits per heavy atom. The first kappa shape index (κ1) is 16.4. The van der Waals surface area contributed by atoms with Gasteiger partial charge in [0.1, 0.15) is 12.4 Å². The number of rotatable bonds is 7. The maximum absolute atomic E-state index is 11.7. The summed E-state index contributed by atoms with van der Waals surface area (Å²) in [6, 6.07) is -2.47. The Balaban J connectivity index is 2.56. The van der Waals surface area contributed by atoms with Gasteiger partial charge < -0.3 is 25.4 Å². The number of aromatic nitrogens is 3. The van der Waals surface area contributed by atoms with E-state index >= 15 is 0 Å². The Morgan fingerprint density at radius 1 is 1.33 bits per heavy atom. The first-order valence-electron chi connectivity index (χ1n) is 6.16. The summed E-state index contributed by atoms with van der Waals surface area (Å²) in [5, 5.41) is 29.7. The minimum absolute atomic E-state index is 0.198. The lowest BCUT2D eigenvalue weighted by Gasteiger charge is -2.17. The molecule has 116 valence electrons. The van der Waals surface area contributed by atoms with Crippen LogP contribution < -0.4 is 10.6 Å². The number of carbonyl (C=O) groups excluding carboxylic acids is 1. The third kappa shape index (κ3) is 5.09. The summed E-state index contributed by atoms with van der Waals surface area (Å²) in [7, 11) is 1.71. The molecule has 0 spiro atoms. The monoisotopic (exact) mass is 299 g/mol. The summed E-state index contributed by atoms with van der Waals surface area (Å²) in [4.78, 5) is 33.1. The first-order valence-corrected chi connectivity index (χ1v) is 6.16. The SMILES string of the molecule is CC(NC(=O)NC(CCC(=O)O)C(=O)O)c1nncn1C. The molecule has 0 radical (unpaired) electrons. The van der Waals surface area contributed by atoms with Gasteiger partial charge in [-0.2, -0.15) is 0 Å². The predicted octanol–water partition coefficient (Wildman–Crippen LogP) is -0.507. The zero-order chi connectivity index (χ0) is 16.0. The minimum atomic E-state index is -1.29. The summed E-state index contributed by atoms with van der Waals surface area (Å²) >= 11 is 0. The van der Waals surface area contributed by atoms with E-state index in [0.717, 1.165) is 0 Å². The molecule has 2 amide bonds. The van der Waals surface area contributed by atoms with Crippen molar-refractivity contribution in [2.24, 2.45) is 7.05 Å². The molecule has 4 N–H and O–H groups in total. The summed E-state index contributed by atoms with van der Waals surface area (Å²) in [5.41, 5.74) is 0. The molecule has 0 fully saturated rings. The third-order valence-electron chi connectivity index (χ3n) is 2.73. The molecular formula is C11H17N5O5. The predicted molar refractivity (Wildman–Crippen MR) is 69.4 cm³/mol. The summed E-state index contributed by atoms with van der Waals surface area (Å²) in [6.45, 7) is 1.66. The van der Waals surface area contributed by atoms with E-state index in [4.69, 9.17) is 10.2 Å². The molecular weight excluding hydrogens is 282 g/mol. The van der Waals surface area contributed by atoms with E-state index in [-0.39, 0.29) is 12.8 Å². The van der Waals surface area contributed by atoms with Crippen molar-refractivity contribution < 1.29 is 24.6 Å². The number of hydrogen-bond acceptors (Lipinski definition) is 5. The summed E-state index contributed by atoms with van der Waals surface area (Å²) in [5.74, 6) is -1.92. The summed E-state index contributed by atoms with van der Waals surface area (Å²) < 4.78 is 1.62. The molecule has 0 bridgehead atoms. The van der Waals surface area contributed by atoms with Crippen LogP contribution in [0.15, 0.2) is 6.33 Å². The Bertz CT molecular complexity index is 529. The van der Waals surface area contributed by atoms with Crippen LogP contribution in [0.1, 0.15) is 31.6 Å². The standard InChI is InChI=1S/C11H17N5O5/c1-6(9-15-12-5-16(9)2)13-11(21)14-7(10(19)20)3-4-8(17)18/h5-7H,3-4H2,1-2H3,(H,17,18)(H,19,20)(H2,13,14,21). The van der Waals surface area contributed by atoms with E-state index in [1.54, 1.807) is 18.5 Å². The molecule has 2 unspecified atom stereocenters. The number of aliphatic carboxylic acids is 2. The number of nitrogens with zero attached hydrogens (tertiary/aromatic N) is 3. The van der Waals surface area contributed by atoms with E-state index in [0.29, 0.717) is 5.82 Å². The Morgan fingerprint density at radius 3 is 2.48 bits per heavy atom. The van der Waals surface area contributed by atoms with E-state index in [1.165, 1.54) is 6.33 Å². The molecule has 0 aliphatic heterocycles. The van der Waals surface area contributed by atoms with Crippen LogP contribution in [0, 0.1) is 0 Å². The van der Waals surface area contributed by atoms with Crippen LogP contribution >= 0.6 is 0 Å². The highest BCUT2D eigenvalue weighted by atomic mass is 16.4. The van der Waals surface area contributed by atoms with Crippen LogP contribution in [0.3, 0.4) is 0 Å². The van der Waals surface area contributed by atoms with Gasteiger partial charge in [-0.15, -0.1) is 10.2 Å². The van der Waals surface area contributed by atoms with Gasteiger partial charge in [-0.1, -0.05) is 0 Å². The van der Waals surface area contributed by atoms with E-state index in [1.807, 2.05) is 0 Å². The summed E-state index contributed by atoms with van der Waals surface area (Å²) in [6.07, 6.45) is 0.921. The number of hydrogen-bond donors (Lipinski definition) is 4. The van der Waals surface area contributed by atoms with Gasteiger partial charge in [0.05, 0.1) is 6.04 Å². The molecule has 10 nitrogen and oxygen atoms in total. The number of carbonyl (C=O) groups is 3. The fraction of sp³-hybridized carbons (Fsp3) is 0.545. The van der Waals surface area contributed by atoms with Crippen LogP contribution in [-0.4, -0.2) is 49.0 Å². The molecule has 1 heterocycles. The van der Waals surface area contributed by atoms with Gasteiger partial charge in [0.25, 0.3) is 0 Å². The van der Waals surface area contributed by atoms with Crippen molar-refractivity contribution in [2.45, 2.75) is 31.8 Å². The molecule has 0 saturated carbocycles. The van der Waals surface area contributed by atoms with Crippen molar-refractivity contribution in [3.63, 3.8) is 0 Å². The second-order valence-corrected chi connectivity index (χ2v) is 4.46. The molecule has 0 aliphatic rings. The minimum Gasteiger partial charge on any atom is -0.481 e. The van der Waals surface area contributed by atoms with E-state index in [2.05, 4.69) is 20.8 Å². The van der Waals surface area contributed by atoms with Crippen LogP contribution in [0.2, 0.25) is 0 Å². The fourth-order valence-electron chi connectivity index (χ4n) is 1.67. The molecule has 1 aromatic heterocycles. The van der Waals surface area contributed by atoms with E-state index in [9.17, 15) is 14.4 Å². The van der Waals surface area contributed by atoms with Crippen LogP contribution in [-0.2, 0) is 16.6 Å². The smallest absolute Gasteiger partial charge is 0.326 e. The highest BCUT2D eigenvalue weighted by molar-refractivity contribution is 5.83. The van der Waals surface area contributed by atoms with Gasteiger partial charge in [-0.25, -0.2) is 9.59 Å². The molecule has 0 aromatic carbocycles. The molecule has 1 aromatic rings. The van der Waals surface area contributed by atoms with Crippen molar-refractivity contribution >= 4 is 18.0 Å². The Labute approximate surface area is 120 Å². The number of amides is 2. The molecule has 21 heavy (non-hydrogen) atoms. The van der Waals surface area contributed by atoms with Gasteiger partial charge in [0, 0.05) is 13.5 Å². The van der Waals surface area contributed by atoms with Gasteiger partial charge in [0.2, 0.25) is 0 Å². The van der Waals surface area contributed by atoms with Crippen molar-refractivity contribution in [1.82, 2.24) is 25.4 Å². The van der Waals surface area contributed by atoms with Gasteiger partial charge in [0.15, 0.2) is 5.82 Å². The van der Waals surface area contributed by atoms with Crippen molar-refractivity contribution in [3.05, 3.63) is 12.2 Å². The van der Waals surface area contributed by atoms with Gasteiger partial charge in [-0.05, 0) is 13.3 Å². The number of carboxylic acid groups (broad SMARTS) is 2. The normalized spacial score (nSPS) is 13.2. The fourth-order valence-corrected chi connectivity index (χ4v) is 1.67. The Kier molecular flexibility index (Phi) is 5.64. The van der Waals surface area contributed by atoms with Crippen LogP contribution in [0.25, 0.3) is 0 Å². The van der Waals surface area contributed by atoms with E-state index < -0.39 is 30.1 Å². The van der Waals surface area contributed by atoms with Crippen LogP contribution in [0.4, 0.5) is 4.79 Å². The quantitative estimate of drug-likeness (QED) is 0.530. The first-order chi connectivity index (χ1) is 9.81. The highest BCUT2D eigenvalue weighted by Gasteiger charge is 2.22. The van der Waals surface area contributed by atoms with Crippen molar-refractivity contribution in [2.75, 3.05) is 0 Å². The number of carboxylic acids is 2. The second kappa shape index (κ2) is 7.22. The van der Waals surface area contributed by atoms with Crippen molar-refractivity contribution in [1.29, 1.82) is 0 Å². The maximum atomic E-state index is 11.7. The average Bonchev–Trinajstić information content (AvgIpc) is 2.80. The lowest BCUT2D eigenvalue weighted by Crippen LogP contribution is -2.47. The lowest BCUT2D eigenvalue weighted by atomic mass is 10.1. The number of aryl methyl sites for hydroxylation is 1. The maximum Gasteiger partial charge on any atom is 0.326 e. The molecule has 0 aliphatic carbocycles. The molecule has 1 rings (SSSR count). The molecule has 0 saturated heterocycles. The number of urea groups is 1. The molecule has 10 heteroatoms. The van der Waals surface area contributed by atoms with Crippen LogP contribution in [0.5, 0.6) is 0 Å². The average molecular weight is 299 g/mol. The van der Waals surface area contributed by atoms with Gasteiger partial charge >= 0.3 is 18.0 Å². The zero-order valence-corrected chi connectivity index (χ0v) is 11.6. The van der Waals surface area contributed by atoms with Crippen molar-refractivity contribution in [3.8, 4) is 0 Å². The lowest BCUT2D eigenvalue weighted by molar-refractivity contribution is -0.140. The molecule has 2 atom stereocenters. The largest absolute Gasteiger partial charge is 0.481 e. The highest BCUT2D eigenvalue weighted by Crippen LogP contribution is 2.07.